The van der Waals surface area contributed by atoms with Gasteiger partial charge in [0.05, 0.1) is 31.8 Å². The number of rotatable bonds is 14. The number of esters is 1. The summed E-state index contributed by atoms with van der Waals surface area (Å²) in [6, 6.07) is 41.0. The molecule has 1 N–H and O–H groups in total. The first-order chi connectivity index (χ1) is 20.7. The lowest BCUT2D eigenvalue weighted by Crippen LogP contribution is -2.67. The minimum absolute atomic E-state index is 0.108. The molecule has 0 fully saturated rings. The van der Waals surface area contributed by atoms with Gasteiger partial charge in [0.1, 0.15) is 0 Å². The fraction of sp³-hybridized carbons (Fsp3) is 0.324. The Bertz CT molecular complexity index is 1300. The second kappa shape index (κ2) is 15.3. The van der Waals surface area contributed by atoms with Crippen molar-refractivity contribution in [3.8, 4) is 0 Å². The van der Waals surface area contributed by atoms with E-state index in [1.54, 1.807) is 6.92 Å². The topological polar surface area (TPSA) is 59.0 Å². The average Bonchev–Trinajstić information content (AvgIpc) is 3.00. The molecule has 0 aliphatic rings. The van der Waals surface area contributed by atoms with Crippen LogP contribution in [0.15, 0.2) is 121 Å². The van der Waals surface area contributed by atoms with Crippen LogP contribution >= 0.6 is 0 Å². The van der Waals surface area contributed by atoms with Crippen LogP contribution in [-0.4, -0.2) is 49.7 Å². The molecular weight excluding hydrogens is 550 g/mol. The molecule has 0 unspecified atom stereocenters. The van der Waals surface area contributed by atoms with Crippen molar-refractivity contribution in [3.63, 3.8) is 0 Å². The molecule has 4 aromatic carbocycles. The lowest BCUT2D eigenvalue weighted by atomic mass is 10.0. The average molecular weight is 596 g/mol. The molecule has 4 aromatic rings. The highest BCUT2D eigenvalue weighted by Crippen LogP contribution is 2.37. The third-order valence-corrected chi connectivity index (χ3v) is 12.9. The number of aliphatic hydroxyl groups is 1. The van der Waals surface area contributed by atoms with E-state index in [0.29, 0.717) is 13.1 Å². The zero-order valence-electron chi connectivity index (χ0n) is 25.9. The highest BCUT2D eigenvalue weighted by molar-refractivity contribution is 6.99. The second-order valence-electron chi connectivity index (χ2n) is 12.0. The van der Waals surface area contributed by atoms with Gasteiger partial charge < -0.3 is 14.3 Å². The molecule has 0 aliphatic heterocycles. The third kappa shape index (κ3) is 8.30. The molecule has 5 nitrogen and oxygen atoms in total. The molecule has 0 heterocycles. The van der Waals surface area contributed by atoms with Gasteiger partial charge in [0.15, 0.2) is 0 Å². The largest absolute Gasteiger partial charge is 0.466 e. The molecule has 0 aromatic heterocycles. The number of nitrogens with zero attached hydrogens (tertiary/aromatic N) is 1. The first kappa shape index (κ1) is 32.4. The predicted octanol–water partition coefficient (Wildman–Crippen LogP) is 5.95. The van der Waals surface area contributed by atoms with Crippen molar-refractivity contribution in [2.45, 2.75) is 64.4 Å². The summed E-state index contributed by atoms with van der Waals surface area (Å²) in [5.74, 6) is -0.412. The van der Waals surface area contributed by atoms with Gasteiger partial charge in [-0.1, -0.05) is 142 Å². The van der Waals surface area contributed by atoms with Crippen LogP contribution < -0.4 is 10.4 Å². The van der Waals surface area contributed by atoms with Crippen LogP contribution in [0.3, 0.4) is 0 Å². The minimum Gasteiger partial charge on any atom is -0.466 e. The second-order valence-corrected chi connectivity index (χ2v) is 16.3. The first-order valence-electron chi connectivity index (χ1n) is 15.1. The number of carbonyl (C=O) groups excluding carboxylic acids is 1. The van der Waals surface area contributed by atoms with Crippen molar-refractivity contribution in [3.05, 3.63) is 132 Å². The summed E-state index contributed by atoms with van der Waals surface area (Å²) in [6.07, 6.45) is -1.10. The Hall–Kier alpha value is -3.55. The zero-order valence-corrected chi connectivity index (χ0v) is 26.9. The smallest absolute Gasteiger partial charge is 0.308 e. The minimum atomic E-state index is -2.90. The van der Waals surface area contributed by atoms with E-state index in [1.165, 1.54) is 10.4 Å². The molecule has 2 atom stereocenters. The summed E-state index contributed by atoms with van der Waals surface area (Å²) < 4.78 is 12.6. The van der Waals surface area contributed by atoms with Gasteiger partial charge in [0.2, 0.25) is 0 Å². The Morgan fingerprint density at radius 1 is 0.744 bits per heavy atom. The molecule has 0 bridgehead atoms. The van der Waals surface area contributed by atoms with E-state index in [-0.39, 0.29) is 24.7 Å². The molecule has 43 heavy (non-hydrogen) atoms. The molecule has 0 saturated carbocycles. The van der Waals surface area contributed by atoms with Crippen molar-refractivity contribution < 1.29 is 19.1 Å². The Morgan fingerprint density at radius 3 is 1.56 bits per heavy atom. The molecule has 0 radical (unpaired) electrons. The van der Waals surface area contributed by atoms with Crippen molar-refractivity contribution in [2.24, 2.45) is 0 Å². The van der Waals surface area contributed by atoms with E-state index in [0.717, 1.165) is 11.1 Å². The lowest BCUT2D eigenvalue weighted by molar-refractivity contribution is -0.146. The van der Waals surface area contributed by atoms with E-state index < -0.39 is 26.4 Å². The summed E-state index contributed by atoms with van der Waals surface area (Å²) in [5, 5.41) is 13.9. The zero-order chi connectivity index (χ0) is 30.7. The van der Waals surface area contributed by atoms with Crippen LogP contribution in [0.1, 0.15) is 45.2 Å². The van der Waals surface area contributed by atoms with Gasteiger partial charge in [0, 0.05) is 13.1 Å². The standard InChI is InChI=1S/C37H45NO4Si/c1-5-41-36(40)26-35(39)34(38(27-30-18-10-6-11-19-30)28-31-20-12-7-13-21-31)29-42-43(37(2,3)4,32-22-14-8-15-23-32)33-24-16-9-17-25-33/h6-25,34-35,39H,5,26-29H2,1-4H3/t34-,35+/m1/s1. The number of benzene rings is 4. The molecule has 0 amide bonds. The summed E-state index contributed by atoms with van der Waals surface area (Å²) in [4.78, 5) is 14.9. The highest BCUT2D eigenvalue weighted by Gasteiger charge is 2.51. The van der Waals surface area contributed by atoms with Crippen LogP contribution in [0.2, 0.25) is 5.04 Å². The summed E-state index contributed by atoms with van der Waals surface area (Å²) in [7, 11) is -2.90. The maximum Gasteiger partial charge on any atom is 0.308 e. The number of ether oxygens (including phenoxy) is 1. The molecule has 6 heteroatoms. The molecule has 0 spiro atoms. The number of hydrogen-bond acceptors (Lipinski definition) is 5. The van der Waals surface area contributed by atoms with Gasteiger partial charge >= 0.3 is 5.97 Å². The van der Waals surface area contributed by atoms with Crippen molar-refractivity contribution in [1.29, 1.82) is 0 Å². The van der Waals surface area contributed by atoms with Crippen LogP contribution in [0, 0.1) is 0 Å². The first-order valence-corrected chi connectivity index (χ1v) is 17.1. The van der Waals surface area contributed by atoms with E-state index in [4.69, 9.17) is 9.16 Å². The molecule has 226 valence electrons. The van der Waals surface area contributed by atoms with Gasteiger partial charge in [-0.05, 0) is 33.5 Å². The van der Waals surface area contributed by atoms with Crippen LogP contribution in [0.25, 0.3) is 0 Å². The number of carbonyl (C=O) groups is 1. The van der Waals surface area contributed by atoms with Gasteiger partial charge in [-0.25, -0.2) is 0 Å². The van der Waals surface area contributed by atoms with Crippen LogP contribution in [0.5, 0.6) is 0 Å². The normalized spacial score (nSPS) is 13.4. The quantitative estimate of drug-likeness (QED) is 0.144. The predicted molar refractivity (Wildman–Crippen MR) is 177 cm³/mol. The van der Waals surface area contributed by atoms with Gasteiger partial charge in [-0.3, -0.25) is 9.69 Å². The Kier molecular flexibility index (Phi) is 11.5. The number of aliphatic hydroxyl groups excluding tert-OH is 1. The monoisotopic (exact) mass is 595 g/mol. The number of hydrogen-bond donors (Lipinski definition) is 1. The van der Waals surface area contributed by atoms with Crippen LogP contribution in [-0.2, 0) is 27.0 Å². The SMILES string of the molecule is CCOC(=O)C[C@H](O)[C@@H](CO[Si](c1ccccc1)(c1ccccc1)C(C)(C)C)N(Cc1ccccc1)Cc1ccccc1. The van der Waals surface area contributed by atoms with E-state index in [1.807, 2.05) is 48.5 Å². The maximum atomic E-state index is 12.7. The Balaban J connectivity index is 1.79. The fourth-order valence-electron chi connectivity index (χ4n) is 5.88. The Morgan fingerprint density at radius 2 is 1.16 bits per heavy atom. The molecule has 0 saturated heterocycles. The van der Waals surface area contributed by atoms with E-state index in [2.05, 4.69) is 98.5 Å². The van der Waals surface area contributed by atoms with E-state index in [9.17, 15) is 9.90 Å². The van der Waals surface area contributed by atoms with Crippen LogP contribution in [0.4, 0.5) is 0 Å². The summed E-state index contributed by atoms with van der Waals surface area (Å²) >= 11 is 0. The van der Waals surface area contributed by atoms with Crippen molar-refractivity contribution >= 4 is 24.7 Å². The van der Waals surface area contributed by atoms with Gasteiger partial charge in [0.25, 0.3) is 8.32 Å². The lowest BCUT2D eigenvalue weighted by Gasteiger charge is -2.45. The highest BCUT2D eigenvalue weighted by atomic mass is 28.4. The van der Waals surface area contributed by atoms with E-state index >= 15 is 0 Å². The van der Waals surface area contributed by atoms with Gasteiger partial charge in [-0.15, -0.1) is 0 Å². The molecule has 4 rings (SSSR count). The summed E-state index contributed by atoms with van der Waals surface area (Å²) in [6.45, 7) is 10.2. The van der Waals surface area contributed by atoms with Crippen molar-refractivity contribution in [1.82, 2.24) is 4.90 Å². The molecule has 0 aliphatic carbocycles. The summed E-state index contributed by atoms with van der Waals surface area (Å²) in [5.41, 5.74) is 2.24. The Labute approximate surface area is 258 Å². The third-order valence-electron chi connectivity index (χ3n) is 7.94. The van der Waals surface area contributed by atoms with Crippen molar-refractivity contribution in [2.75, 3.05) is 13.2 Å². The fourth-order valence-corrected chi connectivity index (χ4v) is 10.5. The van der Waals surface area contributed by atoms with Gasteiger partial charge in [-0.2, -0.15) is 0 Å². The maximum absolute atomic E-state index is 12.7. The molecular formula is C37H45NO4Si.